The van der Waals surface area contributed by atoms with Gasteiger partial charge in [-0.25, -0.2) is 9.59 Å². The molecule has 4 aliphatic rings. The third kappa shape index (κ3) is 7.15. The van der Waals surface area contributed by atoms with Crippen LogP contribution < -0.4 is 25.1 Å². The fourth-order valence-corrected chi connectivity index (χ4v) is 10.1. The van der Waals surface area contributed by atoms with E-state index in [1.54, 1.807) is 25.3 Å². The van der Waals surface area contributed by atoms with E-state index >= 15 is 4.79 Å². The van der Waals surface area contributed by atoms with Crippen molar-refractivity contribution in [3.05, 3.63) is 134 Å². The first-order valence-corrected chi connectivity index (χ1v) is 22.2. The second kappa shape index (κ2) is 14.6. The summed E-state index contributed by atoms with van der Waals surface area (Å²) in [6.45, 7) is 9.74. The number of rotatable bonds is 4. The van der Waals surface area contributed by atoms with E-state index in [-0.39, 0.29) is 45.0 Å². The van der Waals surface area contributed by atoms with Crippen molar-refractivity contribution in [3.63, 3.8) is 0 Å². The Labute approximate surface area is 370 Å². The molecule has 4 aliphatic heterocycles. The molecule has 1 atom stereocenters. The van der Waals surface area contributed by atoms with E-state index in [1.807, 2.05) is 58.7 Å². The van der Waals surface area contributed by atoms with E-state index in [4.69, 9.17) is 21.8 Å². The molecule has 15 nitrogen and oxygen atoms in total. The van der Waals surface area contributed by atoms with Crippen molar-refractivity contribution >= 4 is 71.8 Å². The summed E-state index contributed by atoms with van der Waals surface area (Å²) in [6, 6.07) is 15.0. The Kier molecular flexibility index (Phi) is 10.1. The Hall–Kier alpha value is -6.77. The molecule has 0 bridgehead atoms. The van der Waals surface area contributed by atoms with Gasteiger partial charge in [0.15, 0.2) is 0 Å². The number of halogens is 3. The van der Waals surface area contributed by atoms with Crippen LogP contribution >= 0.6 is 0 Å². The Morgan fingerprint density at radius 2 is 1.35 bits per heavy atom. The van der Waals surface area contributed by atoms with E-state index in [9.17, 15) is 40.8 Å². The Bertz CT molecular complexity index is 3340. The van der Waals surface area contributed by atoms with Gasteiger partial charge in [-0.3, -0.25) is 14.2 Å². The van der Waals surface area contributed by atoms with Crippen LogP contribution in [0.1, 0.15) is 88.7 Å². The molecule has 4 aromatic carbocycles. The SMILES string of the molecule is CC1=CC(C)(C)N(C)c2cc3c(cc21)C1(c2cc4c(cc2O3)N(C)C(C)(C)C=C4CS(=O)(=O)O)c2cc(C(=O)O)ccc2C(=O)N1c1ccc2c(C(F)(F)F)cc(=O)oc2c1.O=S(=O)=O. The van der Waals surface area contributed by atoms with E-state index < -0.39 is 83.3 Å². The van der Waals surface area contributed by atoms with Gasteiger partial charge in [0.25, 0.3) is 16.0 Å². The highest BCUT2D eigenvalue weighted by Gasteiger charge is 2.58. The van der Waals surface area contributed by atoms with Crippen molar-refractivity contribution in [1.82, 2.24) is 0 Å². The first-order chi connectivity index (χ1) is 30.1. The number of carboxylic acid groups (broad SMARTS) is 1. The van der Waals surface area contributed by atoms with Gasteiger partial charge in [-0.1, -0.05) is 12.2 Å². The number of carbonyl (C=O) groups excluding carboxylic acids is 1. The maximum atomic E-state index is 15.3. The molecule has 5 heterocycles. The Morgan fingerprint density at radius 1 is 0.785 bits per heavy atom. The molecule has 9 rings (SSSR count). The van der Waals surface area contributed by atoms with Crippen molar-refractivity contribution in [2.75, 3.05) is 34.5 Å². The first-order valence-electron chi connectivity index (χ1n) is 19.6. The lowest BCUT2D eigenvalue weighted by Gasteiger charge is -2.47. The summed E-state index contributed by atoms with van der Waals surface area (Å²) in [6.07, 6.45) is -1.15. The van der Waals surface area contributed by atoms with E-state index in [2.05, 4.69) is 11.0 Å². The maximum absolute atomic E-state index is 15.3. The minimum Gasteiger partial charge on any atom is -0.478 e. The summed E-state index contributed by atoms with van der Waals surface area (Å²) in [7, 11) is -3.98. The van der Waals surface area contributed by atoms with Crippen LogP contribution in [0.3, 0.4) is 0 Å². The average Bonchev–Trinajstić information content (AvgIpc) is 3.43. The molecule has 1 unspecified atom stereocenters. The van der Waals surface area contributed by atoms with Gasteiger partial charge in [-0.2, -0.15) is 21.6 Å². The number of carboxylic acids is 1. The van der Waals surface area contributed by atoms with Crippen LogP contribution in [0, 0.1) is 0 Å². The lowest BCUT2D eigenvalue weighted by atomic mass is 9.72. The molecule has 1 amide bonds. The maximum Gasteiger partial charge on any atom is 0.425 e. The van der Waals surface area contributed by atoms with Gasteiger partial charge in [0.2, 0.25) is 0 Å². The fourth-order valence-electron chi connectivity index (χ4n) is 9.43. The van der Waals surface area contributed by atoms with Gasteiger partial charge in [0, 0.05) is 94.2 Å². The molecule has 0 radical (unpaired) electrons. The summed E-state index contributed by atoms with van der Waals surface area (Å²) in [5.74, 6) is -2.28. The third-order valence-corrected chi connectivity index (χ3v) is 13.2. The van der Waals surface area contributed by atoms with Crippen molar-refractivity contribution in [2.24, 2.45) is 0 Å². The predicted octanol–water partition coefficient (Wildman–Crippen LogP) is 7.70. The lowest BCUT2D eigenvalue weighted by Crippen LogP contribution is -2.48. The molecular formula is C45H38F3N3O12S2. The molecule has 2 N–H and O–H groups in total. The molecule has 0 saturated carbocycles. The first kappa shape index (κ1) is 44.8. The molecule has 20 heteroatoms. The minimum atomic E-state index is -4.93. The molecule has 65 heavy (non-hydrogen) atoms. The number of anilines is 3. The van der Waals surface area contributed by atoms with Crippen LogP contribution in [0.25, 0.3) is 22.1 Å². The highest BCUT2D eigenvalue weighted by Crippen LogP contribution is 2.62. The number of hydrogen-bond acceptors (Lipinski definition) is 12. The molecule has 0 aliphatic carbocycles. The zero-order valence-electron chi connectivity index (χ0n) is 35.5. The molecule has 5 aromatic rings. The largest absolute Gasteiger partial charge is 0.478 e. The normalized spacial score (nSPS) is 18.9. The van der Waals surface area contributed by atoms with Crippen LogP contribution in [0.2, 0.25) is 0 Å². The molecule has 338 valence electrons. The van der Waals surface area contributed by atoms with Crippen molar-refractivity contribution in [2.45, 2.75) is 57.4 Å². The van der Waals surface area contributed by atoms with Crippen LogP contribution in [-0.4, -0.2) is 73.5 Å². The van der Waals surface area contributed by atoms with Crippen LogP contribution in [0.5, 0.6) is 11.5 Å². The lowest BCUT2D eigenvalue weighted by molar-refractivity contribution is -0.136. The molecular weight excluding hydrogens is 896 g/mol. The number of aromatic carboxylic acids is 1. The molecule has 0 saturated heterocycles. The topological polar surface area (TPSA) is 209 Å². The fraction of sp³-hybridized carbons (Fsp3) is 0.267. The standard InChI is InChI=1S/C45H38F3N3O9S.O3S/c1-22-19-42(2,3)49(6)34-17-37-32(14-28(22)34)44(33-15-29-24(21-61(56,57)58)20-43(4,5)50(7)35(29)18-38(33)59-37)30-12-23(41(54)55)8-10-27(30)40(53)51(44)25-9-11-26-31(45(46,47)48)16-39(52)60-36(26)13-25;1-4(2)3/h8-20H,21H2,1-7H3,(H,54,55)(H,56,57,58);. The third-order valence-electron chi connectivity index (χ3n) is 12.6. The summed E-state index contributed by atoms with van der Waals surface area (Å²) in [5, 5.41) is 9.93. The number of alkyl halides is 3. The highest BCUT2D eigenvalue weighted by molar-refractivity contribution is 7.86. The van der Waals surface area contributed by atoms with Crippen LogP contribution in [0.15, 0.2) is 88.1 Å². The van der Waals surface area contributed by atoms with Gasteiger partial charge >= 0.3 is 28.4 Å². The monoisotopic (exact) mass is 933 g/mol. The number of allylic oxidation sites excluding steroid dienone is 1. The average molecular weight is 934 g/mol. The van der Waals surface area contributed by atoms with E-state index in [1.165, 1.54) is 35.2 Å². The zero-order chi connectivity index (χ0) is 47.7. The summed E-state index contributed by atoms with van der Waals surface area (Å²) in [4.78, 5) is 45.9. The van der Waals surface area contributed by atoms with Gasteiger partial charge in [0.05, 0.1) is 22.2 Å². The summed E-state index contributed by atoms with van der Waals surface area (Å²) in [5.41, 5.74) is -1.90. The molecule has 1 aromatic heterocycles. The van der Waals surface area contributed by atoms with Crippen LogP contribution in [-0.2, 0) is 32.4 Å². The number of hydrogen-bond donors (Lipinski definition) is 2. The van der Waals surface area contributed by atoms with Crippen molar-refractivity contribution in [1.29, 1.82) is 0 Å². The molecule has 1 spiro atoms. The number of likely N-dealkylation sites (N-methyl/N-ethyl adjacent to an activating group) is 2. The van der Waals surface area contributed by atoms with E-state index in [0.29, 0.717) is 22.9 Å². The number of amides is 1. The van der Waals surface area contributed by atoms with Crippen LogP contribution in [0.4, 0.5) is 30.2 Å². The Balaban J connectivity index is 0.00000138. The van der Waals surface area contributed by atoms with E-state index in [0.717, 1.165) is 22.9 Å². The number of benzene rings is 4. The van der Waals surface area contributed by atoms with Gasteiger partial charge < -0.3 is 24.1 Å². The van der Waals surface area contributed by atoms with Gasteiger partial charge in [0.1, 0.15) is 28.4 Å². The zero-order valence-corrected chi connectivity index (χ0v) is 37.1. The summed E-state index contributed by atoms with van der Waals surface area (Å²) < 4.78 is 116. The smallest absolute Gasteiger partial charge is 0.425 e. The van der Waals surface area contributed by atoms with Crippen molar-refractivity contribution < 1.29 is 62.6 Å². The second-order valence-electron chi connectivity index (χ2n) is 17.3. The Morgan fingerprint density at radius 3 is 1.92 bits per heavy atom. The van der Waals surface area contributed by atoms with Gasteiger partial charge in [-0.05, 0) is 88.2 Å². The quantitative estimate of drug-likeness (QED) is 0.131. The second-order valence-corrected chi connectivity index (χ2v) is 19.1. The minimum absolute atomic E-state index is 0.0141. The van der Waals surface area contributed by atoms with Crippen molar-refractivity contribution in [3.8, 4) is 11.5 Å². The highest BCUT2D eigenvalue weighted by atomic mass is 32.2. The summed E-state index contributed by atoms with van der Waals surface area (Å²) >= 11 is 0. The number of carbonyl (C=O) groups is 2. The predicted molar refractivity (Wildman–Crippen MR) is 233 cm³/mol. The molecule has 0 fully saturated rings. The number of nitrogens with zero attached hydrogens (tertiary/aromatic N) is 3. The number of ether oxygens (including phenoxy) is 1. The number of fused-ring (bicyclic) bond motifs is 9. The van der Waals surface area contributed by atoms with Gasteiger partial charge in [-0.15, -0.1) is 12.6 Å².